The third kappa shape index (κ3) is 3.60. The van der Waals surface area contributed by atoms with Crippen LogP contribution in [0.15, 0.2) is 30.5 Å². The Labute approximate surface area is 133 Å². The van der Waals surface area contributed by atoms with Crippen LogP contribution in [0.2, 0.25) is 15.2 Å². The van der Waals surface area contributed by atoms with E-state index in [4.69, 9.17) is 34.8 Å². The number of amides is 1. The van der Waals surface area contributed by atoms with Crippen LogP contribution in [0.5, 0.6) is 0 Å². The molecule has 2 rings (SSSR count). The van der Waals surface area contributed by atoms with Gasteiger partial charge in [0.25, 0.3) is 11.6 Å². The summed E-state index contributed by atoms with van der Waals surface area (Å²) in [4.78, 5) is 25.9. The third-order valence-corrected chi connectivity index (χ3v) is 3.46. The van der Waals surface area contributed by atoms with Crippen LogP contribution in [-0.2, 0) is 0 Å². The van der Waals surface area contributed by atoms with Gasteiger partial charge in [0.15, 0.2) is 0 Å². The average Bonchev–Trinajstić information content (AvgIpc) is 2.43. The Morgan fingerprint density at radius 1 is 1.19 bits per heavy atom. The molecule has 1 N–H and O–H groups in total. The zero-order chi connectivity index (χ0) is 15.6. The number of hydrogen-bond acceptors (Lipinski definition) is 4. The second kappa shape index (κ2) is 6.26. The van der Waals surface area contributed by atoms with Crippen LogP contribution in [0.25, 0.3) is 0 Å². The molecule has 1 heterocycles. The van der Waals surface area contributed by atoms with Gasteiger partial charge in [-0.15, -0.1) is 0 Å². The number of halogens is 3. The largest absolute Gasteiger partial charge is 0.322 e. The standard InChI is InChI=1S/C12H6Cl3N3O3/c13-8-2-1-7(4-10(8)18(20)21)17-12(19)6-3-9(14)11(15)16-5-6/h1-5H,(H,17,19). The lowest BCUT2D eigenvalue weighted by Crippen LogP contribution is -2.12. The van der Waals surface area contributed by atoms with E-state index in [1.807, 2.05) is 0 Å². The maximum atomic E-state index is 12.0. The predicted molar refractivity (Wildman–Crippen MR) is 80.3 cm³/mol. The number of aromatic nitrogens is 1. The van der Waals surface area contributed by atoms with Gasteiger partial charge in [0.1, 0.15) is 10.2 Å². The Hall–Kier alpha value is -1.89. The van der Waals surface area contributed by atoms with Gasteiger partial charge in [0.2, 0.25) is 0 Å². The van der Waals surface area contributed by atoms with Crippen molar-refractivity contribution in [2.45, 2.75) is 0 Å². The molecule has 1 amide bonds. The molecule has 1 aromatic heterocycles. The lowest BCUT2D eigenvalue weighted by Gasteiger charge is -2.06. The summed E-state index contributed by atoms with van der Waals surface area (Å²) >= 11 is 17.1. The van der Waals surface area contributed by atoms with Crippen LogP contribution in [0, 0.1) is 10.1 Å². The molecule has 0 saturated carbocycles. The molecule has 6 nitrogen and oxygen atoms in total. The summed E-state index contributed by atoms with van der Waals surface area (Å²) in [6, 6.07) is 5.27. The Morgan fingerprint density at radius 2 is 1.90 bits per heavy atom. The minimum absolute atomic E-state index is 0.0193. The summed E-state index contributed by atoms with van der Waals surface area (Å²) in [7, 11) is 0. The van der Waals surface area contributed by atoms with Gasteiger partial charge in [-0.2, -0.15) is 0 Å². The van der Waals surface area contributed by atoms with Crippen LogP contribution in [-0.4, -0.2) is 15.8 Å². The van der Waals surface area contributed by atoms with Crippen molar-refractivity contribution in [1.82, 2.24) is 4.98 Å². The quantitative estimate of drug-likeness (QED) is 0.512. The third-order valence-electron chi connectivity index (χ3n) is 2.46. The highest BCUT2D eigenvalue weighted by molar-refractivity contribution is 6.41. The Bertz CT molecular complexity index is 737. The van der Waals surface area contributed by atoms with Crippen LogP contribution >= 0.6 is 34.8 Å². The summed E-state index contributed by atoms with van der Waals surface area (Å²) in [5.74, 6) is -0.530. The Morgan fingerprint density at radius 3 is 2.52 bits per heavy atom. The summed E-state index contributed by atoms with van der Waals surface area (Å²) in [5.41, 5.74) is 0.0888. The van der Waals surface area contributed by atoms with E-state index in [1.54, 1.807) is 0 Å². The van der Waals surface area contributed by atoms with Gasteiger partial charge >= 0.3 is 0 Å². The minimum atomic E-state index is -0.640. The first kappa shape index (κ1) is 15.5. The highest BCUT2D eigenvalue weighted by Gasteiger charge is 2.15. The highest BCUT2D eigenvalue weighted by Crippen LogP contribution is 2.28. The molecule has 0 radical (unpaired) electrons. The fraction of sp³-hybridized carbons (Fsp3) is 0. The SMILES string of the molecule is O=C(Nc1ccc(Cl)c([N+](=O)[O-])c1)c1cnc(Cl)c(Cl)c1. The van der Waals surface area contributed by atoms with Gasteiger partial charge in [-0.3, -0.25) is 14.9 Å². The summed E-state index contributed by atoms with van der Waals surface area (Å²) < 4.78 is 0. The number of nitro groups is 1. The molecule has 21 heavy (non-hydrogen) atoms. The normalized spacial score (nSPS) is 10.2. The molecule has 0 aliphatic heterocycles. The van der Waals surface area contributed by atoms with Crippen LogP contribution in [0.3, 0.4) is 0 Å². The molecule has 0 aliphatic rings. The number of rotatable bonds is 3. The van der Waals surface area contributed by atoms with E-state index in [2.05, 4.69) is 10.3 Å². The van der Waals surface area contributed by atoms with Crippen molar-refractivity contribution in [3.63, 3.8) is 0 Å². The molecule has 2 aromatic rings. The second-order valence-electron chi connectivity index (χ2n) is 3.87. The molecule has 9 heteroatoms. The molecule has 0 spiro atoms. The molecule has 0 unspecified atom stereocenters. The molecule has 0 atom stereocenters. The monoisotopic (exact) mass is 345 g/mol. The second-order valence-corrected chi connectivity index (χ2v) is 5.05. The Kier molecular flexibility index (Phi) is 4.62. The Balaban J connectivity index is 2.25. The van der Waals surface area contributed by atoms with Gasteiger partial charge in [-0.05, 0) is 18.2 Å². The highest BCUT2D eigenvalue weighted by atomic mass is 35.5. The molecule has 0 aliphatic carbocycles. The van der Waals surface area contributed by atoms with Crippen LogP contribution < -0.4 is 5.32 Å². The van der Waals surface area contributed by atoms with E-state index in [-0.39, 0.29) is 32.1 Å². The van der Waals surface area contributed by atoms with Crippen LogP contribution in [0.1, 0.15) is 10.4 Å². The molecular weight excluding hydrogens is 341 g/mol. The summed E-state index contributed by atoms with van der Waals surface area (Å²) in [6.45, 7) is 0. The summed E-state index contributed by atoms with van der Waals surface area (Å²) in [6.07, 6.45) is 1.24. The number of pyridine rings is 1. The zero-order valence-electron chi connectivity index (χ0n) is 10.1. The predicted octanol–water partition coefficient (Wildman–Crippen LogP) is 4.20. The molecule has 0 fully saturated rings. The van der Waals surface area contributed by atoms with Gasteiger partial charge < -0.3 is 5.32 Å². The number of anilines is 1. The van der Waals surface area contributed by atoms with Gasteiger partial charge in [0.05, 0.1) is 15.5 Å². The van der Waals surface area contributed by atoms with E-state index in [9.17, 15) is 14.9 Å². The van der Waals surface area contributed by atoms with Crippen molar-refractivity contribution in [1.29, 1.82) is 0 Å². The minimum Gasteiger partial charge on any atom is -0.322 e. The maximum Gasteiger partial charge on any atom is 0.289 e. The van der Waals surface area contributed by atoms with E-state index in [1.165, 1.54) is 24.4 Å². The van der Waals surface area contributed by atoms with E-state index >= 15 is 0 Å². The number of hydrogen-bond donors (Lipinski definition) is 1. The number of nitrogens with zero attached hydrogens (tertiary/aromatic N) is 2. The van der Waals surface area contributed by atoms with E-state index < -0.39 is 10.8 Å². The van der Waals surface area contributed by atoms with E-state index in [0.717, 1.165) is 6.07 Å². The van der Waals surface area contributed by atoms with Crippen molar-refractivity contribution in [2.75, 3.05) is 5.32 Å². The fourth-order valence-corrected chi connectivity index (χ4v) is 1.94. The van der Waals surface area contributed by atoms with Crippen molar-refractivity contribution in [3.8, 4) is 0 Å². The number of nitro benzene ring substituents is 1. The lowest BCUT2D eigenvalue weighted by molar-refractivity contribution is -0.384. The molecule has 1 aromatic carbocycles. The first-order valence-corrected chi connectivity index (χ1v) is 6.58. The average molecular weight is 347 g/mol. The first-order chi connectivity index (χ1) is 9.88. The zero-order valence-corrected chi connectivity index (χ0v) is 12.4. The lowest BCUT2D eigenvalue weighted by atomic mass is 10.2. The molecule has 0 bridgehead atoms. The summed E-state index contributed by atoms with van der Waals surface area (Å²) in [5, 5.41) is 13.5. The van der Waals surface area contributed by atoms with Gasteiger partial charge in [-0.1, -0.05) is 34.8 Å². The van der Waals surface area contributed by atoms with E-state index in [0.29, 0.717) is 0 Å². The maximum absolute atomic E-state index is 12.0. The van der Waals surface area contributed by atoms with Crippen LogP contribution in [0.4, 0.5) is 11.4 Å². The molecule has 108 valence electrons. The topological polar surface area (TPSA) is 85.1 Å². The van der Waals surface area contributed by atoms with Crippen molar-refractivity contribution in [2.24, 2.45) is 0 Å². The van der Waals surface area contributed by atoms with Crippen molar-refractivity contribution >= 4 is 52.1 Å². The first-order valence-electron chi connectivity index (χ1n) is 5.45. The molecular formula is C12H6Cl3N3O3. The number of nitrogens with one attached hydrogen (secondary N) is 1. The smallest absolute Gasteiger partial charge is 0.289 e. The van der Waals surface area contributed by atoms with Crippen molar-refractivity contribution < 1.29 is 9.72 Å². The molecule has 0 saturated heterocycles. The van der Waals surface area contributed by atoms with Gasteiger partial charge in [0, 0.05) is 18.0 Å². The van der Waals surface area contributed by atoms with Crippen molar-refractivity contribution in [3.05, 3.63) is 61.3 Å². The van der Waals surface area contributed by atoms with Gasteiger partial charge in [-0.25, -0.2) is 4.98 Å². The number of benzene rings is 1. The number of carbonyl (C=O) groups is 1. The number of carbonyl (C=O) groups excluding carboxylic acids is 1. The fourth-order valence-electron chi connectivity index (χ4n) is 1.48.